The van der Waals surface area contributed by atoms with E-state index < -0.39 is 6.04 Å². The number of benzene rings is 1. The van der Waals surface area contributed by atoms with Crippen LogP contribution in [0.2, 0.25) is 0 Å². The largest absolute Gasteiger partial charge is 0.354 e. The molecule has 3 nitrogen and oxygen atoms in total. The molecule has 0 unspecified atom stereocenters. The molecule has 0 fully saturated rings. The number of amides is 1. The second-order valence-electron chi connectivity index (χ2n) is 5.12. The number of rotatable bonds is 5. The molecule has 94 valence electrons. The van der Waals surface area contributed by atoms with Gasteiger partial charge in [-0.25, -0.2) is 0 Å². The Morgan fingerprint density at radius 2 is 1.94 bits per heavy atom. The van der Waals surface area contributed by atoms with Crippen LogP contribution in [0.15, 0.2) is 30.3 Å². The number of hydrogen-bond acceptors (Lipinski definition) is 2. The second kappa shape index (κ2) is 5.82. The van der Waals surface area contributed by atoms with Crippen LogP contribution in [0, 0.1) is 5.41 Å². The third-order valence-corrected chi connectivity index (χ3v) is 3.14. The molecule has 0 heterocycles. The van der Waals surface area contributed by atoms with Crippen LogP contribution in [-0.2, 0) is 4.79 Å². The maximum atomic E-state index is 11.9. The highest BCUT2D eigenvalue weighted by molar-refractivity contribution is 5.82. The van der Waals surface area contributed by atoms with Crippen molar-refractivity contribution in [2.24, 2.45) is 11.1 Å². The van der Waals surface area contributed by atoms with Crippen molar-refractivity contribution in [3.63, 3.8) is 0 Å². The number of hydrogen-bond donors (Lipinski definition) is 2. The molecule has 3 heteroatoms. The molecule has 0 saturated carbocycles. The Labute approximate surface area is 103 Å². The molecule has 0 aliphatic carbocycles. The van der Waals surface area contributed by atoms with Gasteiger partial charge in [0.2, 0.25) is 5.91 Å². The minimum atomic E-state index is -0.580. The van der Waals surface area contributed by atoms with Gasteiger partial charge in [0, 0.05) is 6.54 Å². The van der Waals surface area contributed by atoms with E-state index in [2.05, 4.69) is 26.1 Å². The first kappa shape index (κ1) is 13.7. The normalized spacial score (nSPS) is 13.2. The van der Waals surface area contributed by atoms with Crippen LogP contribution in [0.3, 0.4) is 0 Å². The van der Waals surface area contributed by atoms with E-state index in [4.69, 9.17) is 5.73 Å². The quantitative estimate of drug-likeness (QED) is 0.821. The number of carbonyl (C=O) groups excluding carboxylic acids is 1. The van der Waals surface area contributed by atoms with Crippen molar-refractivity contribution >= 4 is 5.91 Å². The fourth-order valence-corrected chi connectivity index (χ4v) is 1.37. The molecule has 1 rings (SSSR count). The van der Waals surface area contributed by atoms with Gasteiger partial charge < -0.3 is 11.1 Å². The van der Waals surface area contributed by atoms with E-state index >= 15 is 0 Å². The highest BCUT2D eigenvalue weighted by Gasteiger charge is 2.20. The molecule has 0 aliphatic rings. The summed E-state index contributed by atoms with van der Waals surface area (Å²) < 4.78 is 0. The standard InChI is InChI=1S/C14H22N2O/c1-4-14(2,3)10-16-13(17)12(15)11-8-6-5-7-9-11/h5-9,12H,4,10,15H2,1-3H3,(H,16,17)/t12-/m1/s1. The summed E-state index contributed by atoms with van der Waals surface area (Å²) in [5.74, 6) is -0.113. The van der Waals surface area contributed by atoms with Gasteiger partial charge in [-0.3, -0.25) is 4.79 Å². The Kier molecular flexibility index (Phi) is 4.70. The van der Waals surface area contributed by atoms with E-state index in [-0.39, 0.29) is 11.3 Å². The first-order valence-corrected chi connectivity index (χ1v) is 6.04. The Morgan fingerprint density at radius 1 is 1.35 bits per heavy atom. The lowest BCUT2D eigenvalue weighted by molar-refractivity contribution is -0.122. The van der Waals surface area contributed by atoms with Gasteiger partial charge >= 0.3 is 0 Å². The summed E-state index contributed by atoms with van der Waals surface area (Å²) in [4.78, 5) is 11.9. The molecule has 1 atom stereocenters. The fourth-order valence-electron chi connectivity index (χ4n) is 1.37. The van der Waals surface area contributed by atoms with Crippen LogP contribution < -0.4 is 11.1 Å². The lowest BCUT2D eigenvalue weighted by Crippen LogP contribution is -2.39. The summed E-state index contributed by atoms with van der Waals surface area (Å²) in [6, 6.07) is 8.85. The van der Waals surface area contributed by atoms with Crippen molar-refractivity contribution in [2.75, 3.05) is 6.54 Å². The highest BCUT2D eigenvalue weighted by Crippen LogP contribution is 2.18. The summed E-state index contributed by atoms with van der Waals surface area (Å²) in [7, 11) is 0. The predicted molar refractivity (Wildman–Crippen MR) is 70.5 cm³/mol. The summed E-state index contributed by atoms with van der Waals surface area (Å²) in [5, 5.41) is 2.91. The van der Waals surface area contributed by atoms with E-state index in [1.807, 2.05) is 30.3 Å². The zero-order chi connectivity index (χ0) is 12.9. The van der Waals surface area contributed by atoms with Crippen LogP contribution >= 0.6 is 0 Å². The topological polar surface area (TPSA) is 55.1 Å². The molecular weight excluding hydrogens is 212 g/mol. The van der Waals surface area contributed by atoms with Gasteiger partial charge in [-0.05, 0) is 17.4 Å². The highest BCUT2D eigenvalue weighted by atomic mass is 16.2. The lowest BCUT2D eigenvalue weighted by Gasteiger charge is -2.24. The van der Waals surface area contributed by atoms with Gasteiger partial charge in [-0.2, -0.15) is 0 Å². The number of nitrogens with one attached hydrogen (secondary N) is 1. The second-order valence-corrected chi connectivity index (χ2v) is 5.12. The number of carbonyl (C=O) groups is 1. The average molecular weight is 234 g/mol. The molecular formula is C14H22N2O. The van der Waals surface area contributed by atoms with Crippen molar-refractivity contribution in [3.05, 3.63) is 35.9 Å². The molecule has 0 radical (unpaired) electrons. The average Bonchev–Trinajstić information content (AvgIpc) is 2.36. The summed E-state index contributed by atoms with van der Waals surface area (Å²) in [6.07, 6.45) is 1.02. The monoisotopic (exact) mass is 234 g/mol. The molecule has 17 heavy (non-hydrogen) atoms. The van der Waals surface area contributed by atoms with Crippen molar-refractivity contribution in [1.82, 2.24) is 5.32 Å². The maximum Gasteiger partial charge on any atom is 0.241 e. The van der Waals surface area contributed by atoms with Gasteiger partial charge in [-0.15, -0.1) is 0 Å². The Hall–Kier alpha value is -1.35. The first-order valence-electron chi connectivity index (χ1n) is 6.04. The fraction of sp³-hybridized carbons (Fsp3) is 0.500. The molecule has 0 aromatic heterocycles. The third kappa shape index (κ3) is 4.19. The zero-order valence-electron chi connectivity index (χ0n) is 10.9. The van der Waals surface area contributed by atoms with Gasteiger partial charge in [0.05, 0.1) is 0 Å². The number of nitrogens with two attached hydrogens (primary N) is 1. The van der Waals surface area contributed by atoms with E-state index in [1.54, 1.807) is 0 Å². The van der Waals surface area contributed by atoms with E-state index in [0.29, 0.717) is 6.54 Å². The van der Waals surface area contributed by atoms with Gasteiger partial charge in [0.1, 0.15) is 6.04 Å². The van der Waals surface area contributed by atoms with Crippen LogP contribution in [0.5, 0.6) is 0 Å². The summed E-state index contributed by atoms with van der Waals surface area (Å²) in [6.45, 7) is 7.02. The van der Waals surface area contributed by atoms with Crippen LogP contribution in [0.4, 0.5) is 0 Å². The van der Waals surface area contributed by atoms with Crippen LogP contribution in [0.1, 0.15) is 38.8 Å². The minimum absolute atomic E-state index is 0.113. The van der Waals surface area contributed by atoms with Gasteiger partial charge in [0.25, 0.3) is 0 Å². The molecule has 0 spiro atoms. The predicted octanol–water partition coefficient (Wildman–Crippen LogP) is 2.24. The van der Waals surface area contributed by atoms with Crippen molar-refractivity contribution in [3.8, 4) is 0 Å². The Balaban J connectivity index is 2.54. The Morgan fingerprint density at radius 3 is 2.47 bits per heavy atom. The van der Waals surface area contributed by atoms with Gasteiger partial charge in [-0.1, -0.05) is 51.1 Å². The maximum absolute atomic E-state index is 11.9. The van der Waals surface area contributed by atoms with Gasteiger partial charge in [0.15, 0.2) is 0 Å². The minimum Gasteiger partial charge on any atom is -0.354 e. The summed E-state index contributed by atoms with van der Waals surface area (Å²) >= 11 is 0. The van der Waals surface area contributed by atoms with E-state index in [1.165, 1.54) is 0 Å². The molecule has 1 aromatic carbocycles. The zero-order valence-corrected chi connectivity index (χ0v) is 10.9. The lowest BCUT2D eigenvalue weighted by atomic mass is 9.90. The Bertz CT molecular complexity index is 360. The van der Waals surface area contributed by atoms with Crippen LogP contribution in [0.25, 0.3) is 0 Å². The molecule has 0 saturated heterocycles. The van der Waals surface area contributed by atoms with E-state index in [9.17, 15) is 4.79 Å². The SMILES string of the molecule is CCC(C)(C)CNC(=O)[C@H](N)c1ccccc1. The van der Waals surface area contributed by atoms with Crippen LogP contribution in [-0.4, -0.2) is 12.5 Å². The molecule has 0 aliphatic heterocycles. The van der Waals surface area contributed by atoms with Crippen molar-refractivity contribution < 1.29 is 4.79 Å². The molecule has 1 amide bonds. The molecule has 1 aromatic rings. The first-order chi connectivity index (χ1) is 7.96. The third-order valence-electron chi connectivity index (χ3n) is 3.14. The van der Waals surface area contributed by atoms with Crippen molar-refractivity contribution in [1.29, 1.82) is 0 Å². The smallest absolute Gasteiger partial charge is 0.241 e. The molecule has 3 N–H and O–H groups in total. The molecule has 0 bridgehead atoms. The van der Waals surface area contributed by atoms with E-state index in [0.717, 1.165) is 12.0 Å². The van der Waals surface area contributed by atoms with Crippen molar-refractivity contribution in [2.45, 2.75) is 33.2 Å². The summed E-state index contributed by atoms with van der Waals surface area (Å²) in [5.41, 5.74) is 6.86.